The summed E-state index contributed by atoms with van der Waals surface area (Å²) < 4.78 is 19.1. The van der Waals surface area contributed by atoms with Gasteiger partial charge in [0.25, 0.3) is 0 Å². The summed E-state index contributed by atoms with van der Waals surface area (Å²) in [6, 6.07) is 2.24. The number of halogens is 1. The number of ether oxygens (including phenoxy) is 1. The normalized spacial score (nSPS) is 19.1. The first-order chi connectivity index (χ1) is 9.08. The summed E-state index contributed by atoms with van der Waals surface area (Å²) in [6.45, 7) is 1.28. The maximum Gasteiger partial charge on any atom is 0.338 e. The van der Waals surface area contributed by atoms with Gasteiger partial charge < -0.3 is 20.9 Å². The Labute approximate surface area is 110 Å². The lowest BCUT2D eigenvalue weighted by Gasteiger charge is -2.23. The molecule has 1 atom stereocenters. The van der Waals surface area contributed by atoms with Crippen molar-refractivity contribution < 1.29 is 19.0 Å². The number of carbonyl (C=O) groups is 1. The van der Waals surface area contributed by atoms with Crippen LogP contribution in [0, 0.1) is 5.82 Å². The lowest BCUT2D eigenvalue weighted by atomic mass is 10.1. The van der Waals surface area contributed by atoms with Crippen molar-refractivity contribution in [1.82, 2.24) is 0 Å². The summed E-state index contributed by atoms with van der Waals surface area (Å²) in [5.74, 6) is -2.12. The van der Waals surface area contributed by atoms with Crippen molar-refractivity contribution in [1.29, 1.82) is 0 Å². The van der Waals surface area contributed by atoms with Crippen LogP contribution in [0.15, 0.2) is 12.1 Å². The molecule has 0 saturated carbocycles. The molecule has 0 spiro atoms. The molecule has 6 heteroatoms. The number of hydrogen-bond donors (Lipinski definition) is 3. The van der Waals surface area contributed by atoms with E-state index in [1.807, 2.05) is 0 Å². The zero-order valence-corrected chi connectivity index (χ0v) is 10.5. The number of benzene rings is 1. The molecule has 1 aromatic carbocycles. The molecule has 0 aromatic heterocycles. The fourth-order valence-corrected chi connectivity index (χ4v) is 2.10. The average molecular weight is 268 g/mol. The van der Waals surface area contributed by atoms with E-state index < -0.39 is 17.3 Å². The minimum Gasteiger partial charge on any atom is -0.478 e. The fraction of sp³-hybridized carbons (Fsp3) is 0.462. The third-order valence-corrected chi connectivity index (χ3v) is 3.16. The number of rotatable bonds is 4. The second kappa shape index (κ2) is 5.88. The second-order valence-corrected chi connectivity index (χ2v) is 4.59. The van der Waals surface area contributed by atoms with E-state index in [9.17, 15) is 9.18 Å². The monoisotopic (exact) mass is 268 g/mol. The van der Waals surface area contributed by atoms with E-state index in [1.54, 1.807) is 0 Å². The van der Waals surface area contributed by atoms with Gasteiger partial charge in [0.05, 0.1) is 23.0 Å². The van der Waals surface area contributed by atoms with E-state index in [0.29, 0.717) is 12.2 Å². The number of nitrogens with one attached hydrogen (secondary N) is 1. The molecule has 19 heavy (non-hydrogen) atoms. The van der Waals surface area contributed by atoms with E-state index in [1.165, 1.54) is 0 Å². The number of anilines is 2. The van der Waals surface area contributed by atoms with Crippen LogP contribution in [0.4, 0.5) is 15.8 Å². The van der Waals surface area contributed by atoms with E-state index in [4.69, 9.17) is 15.6 Å². The molecule has 1 fully saturated rings. The lowest BCUT2D eigenvalue weighted by molar-refractivity contribution is 0.0247. The standard InChI is InChI=1S/C13H17FN2O3/c14-10-6-12(11(15)5-9(10)13(17)18)16-7-8-3-1-2-4-19-8/h5-6,8,16H,1-4,7,15H2,(H,17,18). The molecule has 0 aliphatic carbocycles. The highest BCUT2D eigenvalue weighted by molar-refractivity contribution is 5.90. The van der Waals surface area contributed by atoms with Crippen molar-refractivity contribution in [3.8, 4) is 0 Å². The molecule has 1 aromatic rings. The summed E-state index contributed by atoms with van der Waals surface area (Å²) in [7, 11) is 0. The lowest BCUT2D eigenvalue weighted by Crippen LogP contribution is -2.27. The topological polar surface area (TPSA) is 84.6 Å². The average Bonchev–Trinajstić information content (AvgIpc) is 2.40. The Kier molecular flexibility index (Phi) is 4.21. The highest BCUT2D eigenvalue weighted by Gasteiger charge is 2.16. The third kappa shape index (κ3) is 3.35. The van der Waals surface area contributed by atoms with Gasteiger partial charge in [-0.2, -0.15) is 0 Å². The molecular formula is C13H17FN2O3. The molecule has 1 aliphatic heterocycles. The second-order valence-electron chi connectivity index (χ2n) is 4.59. The maximum atomic E-state index is 13.5. The van der Waals surface area contributed by atoms with Crippen molar-refractivity contribution in [2.45, 2.75) is 25.4 Å². The molecule has 4 N–H and O–H groups in total. The number of nitrogen functional groups attached to an aromatic ring is 1. The Balaban J connectivity index is 2.04. The Hall–Kier alpha value is -1.82. The first-order valence-corrected chi connectivity index (χ1v) is 6.25. The largest absolute Gasteiger partial charge is 0.478 e. The Morgan fingerprint density at radius 2 is 2.32 bits per heavy atom. The quantitative estimate of drug-likeness (QED) is 0.728. The van der Waals surface area contributed by atoms with Gasteiger partial charge in [0.2, 0.25) is 0 Å². The zero-order valence-electron chi connectivity index (χ0n) is 10.5. The SMILES string of the molecule is Nc1cc(C(=O)O)c(F)cc1NCC1CCCCO1. The molecule has 0 amide bonds. The molecule has 5 nitrogen and oxygen atoms in total. The van der Waals surface area contributed by atoms with Crippen molar-refractivity contribution >= 4 is 17.3 Å². The molecule has 1 unspecified atom stereocenters. The predicted molar refractivity (Wildman–Crippen MR) is 69.9 cm³/mol. The molecule has 0 radical (unpaired) electrons. The maximum absolute atomic E-state index is 13.5. The molecule has 1 aliphatic rings. The van der Waals surface area contributed by atoms with Gasteiger partial charge in [-0.3, -0.25) is 0 Å². The first kappa shape index (κ1) is 13.6. The van der Waals surface area contributed by atoms with E-state index >= 15 is 0 Å². The first-order valence-electron chi connectivity index (χ1n) is 6.25. The summed E-state index contributed by atoms with van der Waals surface area (Å²) in [4.78, 5) is 10.8. The van der Waals surface area contributed by atoms with Gasteiger partial charge in [0, 0.05) is 13.2 Å². The van der Waals surface area contributed by atoms with E-state index in [-0.39, 0.29) is 11.8 Å². The molecule has 2 rings (SSSR count). The van der Waals surface area contributed by atoms with Gasteiger partial charge in [0.15, 0.2) is 0 Å². The minimum absolute atomic E-state index is 0.0929. The van der Waals surface area contributed by atoms with Crippen LogP contribution in [-0.4, -0.2) is 30.3 Å². The Morgan fingerprint density at radius 3 is 2.95 bits per heavy atom. The Morgan fingerprint density at radius 1 is 1.53 bits per heavy atom. The van der Waals surface area contributed by atoms with Crippen LogP contribution in [-0.2, 0) is 4.74 Å². The molecule has 1 heterocycles. The van der Waals surface area contributed by atoms with Gasteiger partial charge in [-0.05, 0) is 31.4 Å². The third-order valence-electron chi connectivity index (χ3n) is 3.16. The number of aromatic carboxylic acids is 1. The Bertz CT molecular complexity index is 473. The fourth-order valence-electron chi connectivity index (χ4n) is 2.10. The molecular weight excluding hydrogens is 251 g/mol. The summed E-state index contributed by atoms with van der Waals surface area (Å²) in [5.41, 5.74) is 5.91. The predicted octanol–water partition coefficient (Wildman–Crippen LogP) is 2.09. The smallest absolute Gasteiger partial charge is 0.338 e. The highest BCUT2D eigenvalue weighted by atomic mass is 19.1. The summed E-state index contributed by atoms with van der Waals surface area (Å²) in [5, 5.41) is 11.8. The minimum atomic E-state index is -1.33. The molecule has 0 bridgehead atoms. The van der Waals surface area contributed by atoms with Crippen LogP contribution >= 0.6 is 0 Å². The van der Waals surface area contributed by atoms with Crippen LogP contribution in [0.3, 0.4) is 0 Å². The van der Waals surface area contributed by atoms with E-state index in [0.717, 1.165) is 38.0 Å². The highest BCUT2D eigenvalue weighted by Crippen LogP contribution is 2.24. The van der Waals surface area contributed by atoms with Crippen LogP contribution in [0.1, 0.15) is 29.6 Å². The van der Waals surface area contributed by atoms with Gasteiger partial charge in [-0.1, -0.05) is 0 Å². The van der Waals surface area contributed by atoms with Crippen LogP contribution < -0.4 is 11.1 Å². The number of hydrogen-bond acceptors (Lipinski definition) is 4. The van der Waals surface area contributed by atoms with Gasteiger partial charge in [-0.15, -0.1) is 0 Å². The van der Waals surface area contributed by atoms with Gasteiger partial charge in [0.1, 0.15) is 5.82 Å². The number of carboxylic acid groups (broad SMARTS) is 1. The van der Waals surface area contributed by atoms with Gasteiger partial charge >= 0.3 is 5.97 Å². The van der Waals surface area contributed by atoms with Crippen molar-refractivity contribution in [2.75, 3.05) is 24.2 Å². The molecule has 104 valence electrons. The van der Waals surface area contributed by atoms with Crippen molar-refractivity contribution in [3.63, 3.8) is 0 Å². The van der Waals surface area contributed by atoms with Crippen molar-refractivity contribution in [2.24, 2.45) is 0 Å². The summed E-state index contributed by atoms with van der Waals surface area (Å²) in [6.07, 6.45) is 3.24. The zero-order chi connectivity index (χ0) is 13.8. The van der Waals surface area contributed by atoms with Crippen molar-refractivity contribution in [3.05, 3.63) is 23.5 Å². The molecule has 1 saturated heterocycles. The summed E-state index contributed by atoms with van der Waals surface area (Å²) >= 11 is 0. The van der Waals surface area contributed by atoms with Crippen LogP contribution in [0.5, 0.6) is 0 Å². The van der Waals surface area contributed by atoms with E-state index in [2.05, 4.69) is 5.32 Å². The number of nitrogens with two attached hydrogens (primary N) is 1. The number of carboxylic acids is 1. The van der Waals surface area contributed by atoms with Crippen LogP contribution in [0.25, 0.3) is 0 Å². The van der Waals surface area contributed by atoms with Crippen LogP contribution in [0.2, 0.25) is 0 Å². The van der Waals surface area contributed by atoms with Gasteiger partial charge in [-0.25, -0.2) is 9.18 Å².